The van der Waals surface area contributed by atoms with Gasteiger partial charge in [-0.2, -0.15) is 0 Å². The minimum atomic E-state index is -1.12. The van der Waals surface area contributed by atoms with Gasteiger partial charge in [-0.05, 0) is 36.8 Å². The van der Waals surface area contributed by atoms with Crippen LogP contribution in [0.5, 0.6) is 11.5 Å². The lowest BCUT2D eigenvalue weighted by atomic mass is 10.1. The van der Waals surface area contributed by atoms with Crippen molar-refractivity contribution in [1.82, 2.24) is 0 Å². The number of carboxylic acid groups (broad SMARTS) is 1. The van der Waals surface area contributed by atoms with Crippen molar-refractivity contribution >= 4 is 5.97 Å². The van der Waals surface area contributed by atoms with Gasteiger partial charge >= 0.3 is 5.97 Å². The average molecular weight is 264 g/mol. The highest BCUT2D eigenvalue weighted by atomic mass is 19.1. The summed E-state index contributed by atoms with van der Waals surface area (Å²) in [5.41, 5.74) is 0.631. The molecule has 19 heavy (non-hydrogen) atoms. The van der Waals surface area contributed by atoms with E-state index >= 15 is 0 Å². The van der Waals surface area contributed by atoms with Crippen molar-refractivity contribution < 1.29 is 23.4 Å². The van der Waals surface area contributed by atoms with Crippen LogP contribution in [0, 0.1) is 18.6 Å². The lowest BCUT2D eigenvalue weighted by molar-refractivity contribution is 0.0696. The smallest absolute Gasteiger partial charge is 0.335 e. The summed E-state index contributed by atoms with van der Waals surface area (Å²) in [6.45, 7) is 1.68. The minimum Gasteiger partial charge on any atom is -0.478 e. The van der Waals surface area contributed by atoms with E-state index in [1.54, 1.807) is 6.92 Å². The highest BCUT2D eigenvalue weighted by Crippen LogP contribution is 2.28. The Labute approximate surface area is 108 Å². The van der Waals surface area contributed by atoms with Gasteiger partial charge in [0.2, 0.25) is 0 Å². The molecule has 1 N–H and O–H groups in total. The Balaban J connectivity index is 2.40. The monoisotopic (exact) mass is 264 g/mol. The second-order valence-electron chi connectivity index (χ2n) is 3.96. The zero-order valence-electron chi connectivity index (χ0n) is 9.98. The van der Waals surface area contributed by atoms with E-state index in [4.69, 9.17) is 9.84 Å². The van der Waals surface area contributed by atoms with Crippen LogP contribution in [-0.4, -0.2) is 11.1 Å². The Hall–Kier alpha value is -2.43. The lowest BCUT2D eigenvalue weighted by Crippen LogP contribution is -1.98. The predicted octanol–water partition coefficient (Wildman–Crippen LogP) is 3.76. The largest absolute Gasteiger partial charge is 0.478 e. The van der Waals surface area contributed by atoms with Crippen molar-refractivity contribution in [2.24, 2.45) is 0 Å². The van der Waals surface area contributed by atoms with Crippen LogP contribution in [0.25, 0.3) is 0 Å². The average Bonchev–Trinajstić information content (AvgIpc) is 2.36. The van der Waals surface area contributed by atoms with Crippen LogP contribution in [0.3, 0.4) is 0 Å². The van der Waals surface area contributed by atoms with Gasteiger partial charge in [0.25, 0.3) is 0 Å². The molecule has 0 amide bonds. The number of aromatic carboxylic acids is 1. The Morgan fingerprint density at radius 3 is 2.53 bits per heavy atom. The molecule has 2 aromatic rings. The molecule has 98 valence electrons. The Morgan fingerprint density at radius 1 is 1.11 bits per heavy atom. The first-order chi connectivity index (χ1) is 8.97. The zero-order valence-corrected chi connectivity index (χ0v) is 9.98. The van der Waals surface area contributed by atoms with Crippen LogP contribution < -0.4 is 4.74 Å². The summed E-state index contributed by atoms with van der Waals surface area (Å²) in [5, 5.41) is 8.88. The Kier molecular flexibility index (Phi) is 3.46. The first kappa shape index (κ1) is 13.0. The minimum absolute atomic E-state index is 0.0115. The first-order valence-electron chi connectivity index (χ1n) is 5.44. The second-order valence-corrected chi connectivity index (χ2v) is 3.96. The highest BCUT2D eigenvalue weighted by Gasteiger charge is 2.11. The molecular formula is C14H10F2O3. The fraction of sp³-hybridized carbons (Fsp3) is 0.0714. The molecule has 0 radical (unpaired) electrons. The summed E-state index contributed by atoms with van der Waals surface area (Å²) < 4.78 is 31.7. The van der Waals surface area contributed by atoms with Gasteiger partial charge in [0.05, 0.1) is 5.56 Å². The van der Waals surface area contributed by atoms with E-state index in [9.17, 15) is 13.6 Å². The maximum Gasteiger partial charge on any atom is 0.335 e. The van der Waals surface area contributed by atoms with E-state index in [1.807, 2.05) is 0 Å². The fourth-order valence-corrected chi connectivity index (χ4v) is 1.52. The number of hydrogen-bond donors (Lipinski definition) is 1. The van der Waals surface area contributed by atoms with E-state index in [1.165, 1.54) is 18.2 Å². The lowest BCUT2D eigenvalue weighted by Gasteiger charge is -2.10. The van der Waals surface area contributed by atoms with Gasteiger partial charge < -0.3 is 9.84 Å². The first-order valence-corrected chi connectivity index (χ1v) is 5.44. The van der Waals surface area contributed by atoms with E-state index < -0.39 is 17.6 Å². The number of halogens is 2. The standard InChI is InChI=1S/C14H10F2O3/c1-8-2-3-9(14(17)18)6-12(8)19-13-7-10(15)4-5-11(13)16/h2-7H,1H3,(H,17,18). The van der Waals surface area contributed by atoms with Crippen LogP contribution in [0.2, 0.25) is 0 Å². The van der Waals surface area contributed by atoms with Crippen molar-refractivity contribution in [1.29, 1.82) is 0 Å². The van der Waals surface area contributed by atoms with Gasteiger partial charge in [-0.3, -0.25) is 0 Å². The maximum atomic E-state index is 13.4. The van der Waals surface area contributed by atoms with Crippen molar-refractivity contribution in [2.75, 3.05) is 0 Å². The maximum absolute atomic E-state index is 13.4. The third-order valence-electron chi connectivity index (χ3n) is 2.55. The number of aryl methyl sites for hydroxylation is 1. The topological polar surface area (TPSA) is 46.5 Å². The van der Waals surface area contributed by atoms with Crippen molar-refractivity contribution in [3.63, 3.8) is 0 Å². The highest BCUT2D eigenvalue weighted by molar-refractivity contribution is 5.88. The summed E-state index contributed by atoms with van der Waals surface area (Å²) in [6, 6.07) is 7.04. The molecule has 0 saturated heterocycles. The van der Waals surface area contributed by atoms with E-state index in [0.717, 1.165) is 18.2 Å². The predicted molar refractivity (Wildman–Crippen MR) is 64.6 cm³/mol. The molecule has 0 saturated carbocycles. The third-order valence-corrected chi connectivity index (χ3v) is 2.55. The van der Waals surface area contributed by atoms with Gasteiger partial charge in [0.1, 0.15) is 11.6 Å². The summed E-state index contributed by atoms with van der Waals surface area (Å²) in [6.07, 6.45) is 0. The van der Waals surface area contributed by atoms with Crippen molar-refractivity contribution in [2.45, 2.75) is 6.92 Å². The van der Waals surface area contributed by atoms with E-state index in [-0.39, 0.29) is 17.1 Å². The summed E-state index contributed by atoms with van der Waals surface area (Å²) in [7, 11) is 0. The molecule has 0 heterocycles. The molecule has 5 heteroatoms. The van der Waals surface area contributed by atoms with Crippen LogP contribution in [0.4, 0.5) is 8.78 Å². The molecule has 2 aromatic carbocycles. The van der Waals surface area contributed by atoms with Crippen LogP contribution in [0.15, 0.2) is 36.4 Å². The second kappa shape index (κ2) is 5.06. The normalized spacial score (nSPS) is 10.3. The van der Waals surface area contributed by atoms with Gasteiger partial charge in [0.15, 0.2) is 11.6 Å². The number of benzene rings is 2. The molecule has 0 aliphatic heterocycles. The molecule has 0 aliphatic rings. The van der Waals surface area contributed by atoms with Crippen LogP contribution in [-0.2, 0) is 0 Å². The van der Waals surface area contributed by atoms with Crippen LogP contribution in [0.1, 0.15) is 15.9 Å². The quantitative estimate of drug-likeness (QED) is 0.918. The molecule has 0 fully saturated rings. The van der Waals surface area contributed by atoms with Crippen molar-refractivity contribution in [3.8, 4) is 11.5 Å². The molecule has 0 atom stereocenters. The SMILES string of the molecule is Cc1ccc(C(=O)O)cc1Oc1cc(F)ccc1F. The molecule has 0 aromatic heterocycles. The van der Waals surface area contributed by atoms with E-state index in [0.29, 0.717) is 5.56 Å². The number of rotatable bonds is 3. The number of carboxylic acids is 1. The molecule has 0 unspecified atom stereocenters. The van der Waals surface area contributed by atoms with Gasteiger partial charge in [-0.1, -0.05) is 6.07 Å². The number of hydrogen-bond acceptors (Lipinski definition) is 2. The fourth-order valence-electron chi connectivity index (χ4n) is 1.52. The number of carbonyl (C=O) groups is 1. The molecular weight excluding hydrogens is 254 g/mol. The number of ether oxygens (including phenoxy) is 1. The Bertz CT molecular complexity index is 639. The zero-order chi connectivity index (χ0) is 14.0. The van der Waals surface area contributed by atoms with Crippen molar-refractivity contribution in [3.05, 3.63) is 59.2 Å². The van der Waals surface area contributed by atoms with Gasteiger partial charge in [-0.25, -0.2) is 13.6 Å². The molecule has 3 nitrogen and oxygen atoms in total. The molecule has 0 bridgehead atoms. The molecule has 2 rings (SSSR count). The van der Waals surface area contributed by atoms with E-state index in [2.05, 4.69) is 0 Å². The Morgan fingerprint density at radius 2 is 1.84 bits per heavy atom. The molecule has 0 spiro atoms. The van der Waals surface area contributed by atoms with Gasteiger partial charge in [0, 0.05) is 6.07 Å². The summed E-state index contributed by atoms with van der Waals surface area (Å²) >= 11 is 0. The van der Waals surface area contributed by atoms with Crippen LogP contribution >= 0.6 is 0 Å². The van der Waals surface area contributed by atoms with Gasteiger partial charge in [-0.15, -0.1) is 0 Å². The summed E-state index contributed by atoms with van der Waals surface area (Å²) in [4.78, 5) is 10.8. The third kappa shape index (κ3) is 2.88. The summed E-state index contributed by atoms with van der Waals surface area (Å²) in [5.74, 6) is -2.59. The molecule has 0 aliphatic carbocycles.